The molecule has 0 amide bonds. The third-order valence-corrected chi connectivity index (χ3v) is 3.55. The predicted octanol–water partition coefficient (Wildman–Crippen LogP) is 4.91. The summed E-state index contributed by atoms with van der Waals surface area (Å²) in [5, 5.41) is 19.2. The summed E-state index contributed by atoms with van der Waals surface area (Å²) >= 11 is 0. The van der Waals surface area contributed by atoms with Gasteiger partial charge in [-0.3, -0.25) is 0 Å². The Morgan fingerprint density at radius 3 is 2.25 bits per heavy atom. The van der Waals surface area contributed by atoms with Crippen molar-refractivity contribution in [3.05, 3.63) is 64.0 Å². The molecule has 0 unspecified atom stereocenters. The lowest BCUT2D eigenvalue weighted by atomic mass is 9.94. The molecule has 20 heavy (non-hydrogen) atoms. The summed E-state index contributed by atoms with van der Waals surface area (Å²) in [6.45, 7) is 13.4. The Hall–Kier alpha value is -1.96. The molecule has 0 aliphatic carbocycles. The molecule has 0 atom stereocenters. The van der Waals surface area contributed by atoms with E-state index >= 15 is 0 Å². The zero-order chi connectivity index (χ0) is 15.4. The van der Waals surface area contributed by atoms with Gasteiger partial charge in [0.15, 0.2) is 0 Å². The van der Waals surface area contributed by atoms with Crippen molar-refractivity contribution >= 4 is 0 Å². The van der Waals surface area contributed by atoms with Gasteiger partial charge in [-0.25, -0.2) is 0 Å². The van der Waals surface area contributed by atoms with Crippen LogP contribution in [0.5, 0.6) is 5.75 Å². The van der Waals surface area contributed by atoms with Crippen LogP contribution in [0.1, 0.15) is 37.5 Å². The van der Waals surface area contributed by atoms with Gasteiger partial charge in [0.25, 0.3) is 0 Å². The molecule has 0 heterocycles. The fraction of sp³-hybridized carbons (Fsp3) is 0.333. The first kappa shape index (κ1) is 16.1. The summed E-state index contributed by atoms with van der Waals surface area (Å²) in [6, 6.07) is 3.80. The fourth-order valence-electron chi connectivity index (χ4n) is 1.95. The van der Waals surface area contributed by atoms with Crippen molar-refractivity contribution in [2.75, 3.05) is 0 Å². The number of hydrogen-bond acceptors (Lipinski definition) is 2. The lowest BCUT2D eigenvalue weighted by Gasteiger charge is -2.12. The number of allylic oxidation sites excluding steroid dienone is 5. The Labute approximate surface area is 121 Å². The topological polar surface area (TPSA) is 40.5 Å². The molecular formula is C18H24O2. The number of phenols is 1. The van der Waals surface area contributed by atoms with Crippen LogP contribution in [-0.2, 0) is 6.42 Å². The number of rotatable bonds is 4. The van der Waals surface area contributed by atoms with Crippen LogP contribution in [0.2, 0.25) is 0 Å². The van der Waals surface area contributed by atoms with Crippen molar-refractivity contribution in [2.45, 2.75) is 41.0 Å². The number of phenolic OH excluding ortho intramolecular Hbond substituents is 1. The average Bonchev–Trinajstić information content (AvgIpc) is 2.34. The summed E-state index contributed by atoms with van der Waals surface area (Å²) in [4.78, 5) is 0. The molecule has 1 aromatic carbocycles. The lowest BCUT2D eigenvalue weighted by Crippen LogP contribution is -1.97. The number of benzene rings is 1. The molecule has 2 heteroatoms. The predicted molar refractivity (Wildman–Crippen MR) is 85.2 cm³/mol. The van der Waals surface area contributed by atoms with Crippen LogP contribution in [0, 0.1) is 13.8 Å². The van der Waals surface area contributed by atoms with Crippen molar-refractivity contribution in [2.24, 2.45) is 0 Å². The van der Waals surface area contributed by atoms with Crippen molar-refractivity contribution in [1.82, 2.24) is 0 Å². The molecule has 2 nitrogen and oxygen atoms in total. The Morgan fingerprint density at radius 1 is 1.15 bits per heavy atom. The first-order valence-electron chi connectivity index (χ1n) is 6.74. The van der Waals surface area contributed by atoms with E-state index in [2.05, 4.69) is 6.58 Å². The number of aliphatic hydroxyl groups is 1. The molecule has 1 aromatic rings. The van der Waals surface area contributed by atoms with Crippen LogP contribution < -0.4 is 0 Å². The highest BCUT2D eigenvalue weighted by molar-refractivity contribution is 5.45. The van der Waals surface area contributed by atoms with Crippen LogP contribution in [0.15, 0.2) is 47.3 Å². The standard InChI is InChI=1S/C18H24O2/c1-11(2)16(7-12(3)15(6)19)10-17-8-14(5)18(20)9-13(17)4/h7-9,19-20H,1,10H2,2-6H3/b15-12+,16-7-. The molecule has 0 aliphatic rings. The van der Waals surface area contributed by atoms with Gasteiger partial charge in [0.05, 0.1) is 5.76 Å². The SMILES string of the molecule is C=C(C)/C(=C\C(C)=C(/C)O)Cc1cc(C)c(O)cc1C. The maximum Gasteiger partial charge on any atom is 0.118 e. The van der Waals surface area contributed by atoms with E-state index in [0.29, 0.717) is 11.5 Å². The quantitative estimate of drug-likeness (QED) is 0.604. The van der Waals surface area contributed by atoms with E-state index in [1.165, 1.54) is 0 Å². The Bertz CT molecular complexity index is 586. The zero-order valence-corrected chi connectivity index (χ0v) is 13.0. The summed E-state index contributed by atoms with van der Waals surface area (Å²) in [7, 11) is 0. The summed E-state index contributed by atoms with van der Waals surface area (Å²) in [6.07, 6.45) is 2.71. The van der Waals surface area contributed by atoms with Crippen LogP contribution in [0.4, 0.5) is 0 Å². The Kier molecular flexibility index (Phi) is 5.20. The summed E-state index contributed by atoms with van der Waals surface area (Å²) in [5.74, 6) is 0.650. The van der Waals surface area contributed by atoms with E-state index in [0.717, 1.165) is 39.8 Å². The van der Waals surface area contributed by atoms with Crippen molar-refractivity contribution < 1.29 is 10.2 Å². The molecule has 2 N–H and O–H groups in total. The van der Waals surface area contributed by atoms with Gasteiger partial charge in [-0.1, -0.05) is 24.3 Å². The zero-order valence-electron chi connectivity index (χ0n) is 13.0. The average molecular weight is 272 g/mol. The second-order valence-electron chi connectivity index (χ2n) is 5.46. The fourth-order valence-corrected chi connectivity index (χ4v) is 1.95. The molecule has 0 fully saturated rings. The van der Waals surface area contributed by atoms with Crippen molar-refractivity contribution in [3.8, 4) is 5.75 Å². The number of aromatic hydroxyl groups is 1. The van der Waals surface area contributed by atoms with E-state index in [1.54, 1.807) is 13.0 Å². The highest BCUT2D eigenvalue weighted by Gasteiger charge is 2.07. The molecule has 0 aliphatic heterocycles. The van der Waals surface area contributed by atoms with E-state index in [9.17, 15) is 10.2 Å². The van der Waals surface area contributed by atoms with Gasteiger partial charge in [-0.2, -0.15) is 0 Å². The monoisotopic (exact) mass is 272 g/mol. The highest BCUT2D eigenvalue weighted by atomic mass is 16.3. The first-order chi connectivity index (χ1) is 9.22. The lowest BCUT2D eigenvalue weighted by molar-refractivity contribution is 0.409. The largest absolute Gasteiger partial charge is 0.512 e. The second kappa shape index (κ2) is 6.47. The minimum Gasteiger partial charge on any atom is -0.512 e. The number of hydrogen-bond donors (Lipinski definition) is 2. The first-order valence-corrected chi connectivity index (χ1v) is 6.74. The molecule has 0 bridgehead atoms. The highest BCUT2D eigenvalue weighted by Crippen LogP contribution is 2.25. The smallest absolute Gasteiger partial charge is 0.118 e. The van der Waals surface area contributed by atoms with Crippen LogP contribution in [0.3, 0.4) is 0 Å². The maximum absolute atomic E-state index is 9.71. The van der Waals surface area contributed by atoms with Crippen molar-refractivity contribution in [1.29, 1.82) is 0 Å². The maximum atomic E-state index is 9.71. The van der Waals surface area contributed by atoms with Crippen LogP contribution in [0.25, 0.3) is 0 Å². The minimum atomic E-state index is 0.322. The number of aliphatic hydroxyl groups excluding tert-OH is 1. The second-order valence-corrected chi connectivity index (χ2v) is 5.46. The van der Waals surface area contributed by atoms with Gasteiger partial charge >= 0.3 is 0 Å². The molecule has 108 valence electrons. The molecule has 0 saturated heterocycles. The van der Waals surface area contributed by atoms with Gasteiger partial charge < -0.3 is 10.2 Å². The Balaban J connectivity index is 3.19. The van der Waals surface area contributed by atoms with Gasteiger partial charge in [0, 0.05) is 0 Å². The van der Waals surface area contributed by atoms with E-state index in [-0.39, 0.29) is 0 Å². The van der Waals surface area contributed by atoms with Crippen molar-refractivity contribution in [3.63, 3.8) is 0 Å². The van der Waals surface area contributed by atoms with Gasteiger partial charge in [-0.15, -0.1) is 0 Å². The van der Waals surface area contributed by atoms with E-state index in [1.807, 2.05) is 39.8 Å². The number of aryl methyl sites for hydroxylation is 2. The van der Waals surface area contributed by atoms with Crippen LogP contribution >= 0.6 is 0 Å². The summed E-state index contributed by atoms with van der Waals surface area (Å²) in [5.41, 5.74) is 6.01. The molecule has 0 spiro atoms. The summed E-state index contributed by atoms with van der Waals surface area (Å²) < 4.78 is 0. The minimum absolute atomic E-state index is 0.322. The van der Waals surface area contributed by atoms with E-state index < -0.39 is 0 Å². The van der Waals surface area contributed by atoms with E-state index in [4.69, 9.17) is 0 Å². The molecule has 0 aromatic heterocycles. The van der Waals surface area contributed by atoms with Gasteiger partial charge in [-0.05, 0) is 74.9 Å². The third kappa shape index (κ3) is 4.02. The normalized spacial score (nSPS) is 13.2. The molecule has 0 saturated carbocycles. The third-order valence-electron chi connectivity index (χ3n) is 3.55. The molecular weight excluding hydrogens is 248 g/mol. The molecule has 1 rings (SSSR count). The van der Waals surface area contributed by atoms with Crippen LogP contribution in [-0.4, -0.2) is 10.2 Å². The Morgan fingerprint density at radius 2 is 1.75 bits per heavy atom. The van der Waals surface area contributed by atoms with Gasteiger partial charge in [0.1, 0.15) is 5.75 Å². The van der Waals surface area contributed by atoms with Gasteiger partial charge in [0.2, 0.25) is 0 Å². The molecule has 0 radical (unpaired) electrons.